The van der Waals surface area contributed by atoms with E-state index in [0.717, 1.165) is 0 Å². The lowest BCUT2D eigenvalue weighted by Crippen LogP contribution is -2.61. The Morgan fingerprint density at radius 2 is 1.42 bits per heavy atom. The van der Waals surface area contributed by atoms with E-state index >= 15 is 0 Å². The second-order valence-electron chi connectivity index (χ2n) is 7.74. The number of carboxylic acids is 1. The Morgan fingerprint density at radius 1 is 0.871 bits per heavy atom. The first-order valence-corrected chi connectivity index (χ1v) is 9.94. The quantitative estimate of drug-likeness (QED) is 0.180. The minimum atomic E-state index is -1.58. The van der Waals surface area contributed by atoms with Gasteiger partial charge in [0.2, 0.25) is 0 Å². The number of hydrogen-bond donors (Lipinski definition) is 7. The number of aliphatic hydroxyl groups excluding tert-OH is 6. The van der Waals surface area contributed by atoms with Crippen LogP contribution >= 0.6 is 0 Å². The molecule has 2 fully saturated rings. The maximum absolute atomic E-state index is 10.8. The van der Waals surface area contributed by atoms with Crippen LogP contribution in [0.4, 0.5) is 0 Å². The summed E-state index contributed by atoms with van der Waals surface area (Å²) in [5.41, 5.74) is 0. The van der Waals surface area contributed by atoms with Gasteiger partial charge in [-0.1, -0.05) is 0 Å². The smallest absolute Gasteiger partial charge is 0.329 e. The van der Waals surface area contributed by atoms with E-state index in [1.807, 2.05) is 0 Å². The van der Waals surface area contributed by atoms with Crippen LogP contribution in [0.2, 0.25) is 0 Å². The molecule has 12 atom stereocenters. The standard InChI is InChI=1S/C18H32O13/c1-6(28-17-14(25)13(24)11(22)8(3)30-17)7(2)29-18-15(26)16(27-5-10(20)21)12(23)9(4-19)31-18/h6-9,11-19,22-26H,4-5H2,1-3H3,(H,20,21)/t6?,7?,8-,9-,11+,12-,13-,14-,15-,16-,17+,18+/m0/s1. The Hall–Kier alpha value is -0.970. The Kier molecular flexibility index (Phi) is 9.54. The molecule has 0 amide bonds. The van der Waals surface area contributed by atoms with E-state index in [-0.39, 0.29) is 0 Å². The molecule has 0 saturated carbocycles. The summed E-state index contributed by atoms with van der Waals surface area (Å²) in [5, 5.41) is 68.5. The van der Waals surface area contributed by atoms with Crippen LogP contribution in [0, 0.1) is 0 Å². The monoisotopic (exact) mass is 456 g/mol. The second kappa shape index (κ2) is 11.2. The predicted molar refractivity (Wildman–Crippen MR) is 98.6 cm³/mol. The Balaban J connectivity index is 2.00. The van der Waals surface area contributed by atoms with Crippen molar-refractivity contribution in [1.29, 1.82) is 0 Å². The van der Waals surface area contributed by atoms with Gasteiger partial charge in [0.15, 0.2) is 12.6 Å². The van der Waals surface area contributed by atoms with Gasteiger partial charge in [-0.3, -0.25) is 0 Å². The number of hydrogen-bond acceptors (Lipinski definition) is 12. The van der Waals surface area contributed by atoms with Gasteiger partial charge in [0.25, 0.3) is 0 Å². The number of carbonyl (C=O) groups is 1. The third kappa shape index (κ3) is 6.30. The molecule has 7 N–H and O–H groups in total. The zero-order valence-electron chi connectivity index (χ0n) is 17.4. The van der Waals surface area contributed by atoms with Crippen molar-refractivity contribution in [3.8, 4) is 0 Å². The van der Waals surface area contributed by atoms with Gasteiger partial charge in [-0.05, 0) is 20.8 Å². The molecule has 13 heteroatoms. The number of aliphatic carboxylic acids is 1. The summed E-state index contributed by atoms with van der Waals surface area (Å²) >= 11 is 0. The Morgan fingerprint density at radius 3 is 1.94 bits per heavy atom. The number of rotatable bonds is 9. The number of aliphatic hydroxyl groups is 6. The normalized spacial score (nSPS) is 43.4. The van der Waals surface area contributed by atoms with Gasteiger partial charge >= 0.3 is 5.97 Å². The summed E-state index contributed by atoms with van der Waals surface area (Å²) in [6, 6.07) is 0. The highest BCUT2D eigenvalue weighted by atomic mass is 16.7. The lowest BCUT2D eigenvalue weighted by atomic mass is 9.99. The van der Waals surface area contributed by atoms with Gasteiger partial charge in [0, 0.05) is 0 Å². The largest absolute Gasteiger partial charge is 0.480 e. The average Bonchev–Trinajstić information content (AvgIpc) is 2.71. The molecular formula is C18H32O13. The molecule has 2 saturated heterocycles. The molecule has 0 aliphatic carbocycles. The molecule has 2 heterocycles. The first-order chi connectivity index (χ1) is 14.5. The fourth-order valence-corrected chi connectivity index (χ4v) is 3.30. The van der Waals surface area contributed by atoms with Crippen LogP contribution < -0.4 is 0 Å². The summed E-state index contributed by atoms with van der Waals surface area (Å²) in [6.45, 7) is 3.19. The maximum atomic E-state index is 10.8. The van der Waals surface area contributed by atoms with Crippen molar-refractivity contribution in [3.63, 3.8) is 0 Å². The van der Waals surface area contributed by atoms with Crippen LogP contribution in [0.5, 0.6) is 0 Å². The summed E-state index contributed by atoms with van der Waals surface area (Å²) in [5.74, 6) is -1.31. The maximum Gasteiger partial charge on any atom is 0.329 e. The summed E-state index contributed by atoms with van der Waals surface area (Å²) < 4.78 is 27.0. The minimum absolute atomic E-state index is 0.638. The number of ether oxygens (including phenoxy) is 5. The van der Waals surface area contributed by atoms with E-state index in [1.54, 1.807) is 13.8 Å². The van der Waals surface area contributed by atoms with Crippen molar-refractivity contribution in [1.82, 2.24) is 0 Å². The van der Waals surface area contributed by atoms with E-state index in [2.05, 4.69) is 0 Å². The van der Waals surface area contributed by atoms with E-state index < -0.39 is 92.8 Å². The Labute approximate surface area is 178 Å². The third-order valence-corrected chi connectivity index (χ3v) is 5.39. The van der Waals surface area contributed by atoms with Crippen molar-refractivity contribution in [2.24, 2.45) is 0 Å². The van der Waals surface area contributed by atoms with Crippen LogP contribution in [0.1, 0.15) is 20.8 Å². The summed E-state index contributed by atoms with van der Waals surface area (Å²) in [6.07, 6.45) is -15.0. The van der Waals surface area contributed by atoms with Crippen molar-refractivity contribution in [3.05, 3.63) is 0 Å². The van der Waals surface area contributed by atoms with E-state index in [9.17, 15) is 35.4 Å². The van der Waals surface area contributed by atoms with Crippen LogP contribution in [0.15, 0.2) is 0 Å². The molecule has 2 aliphatic heterocycles. The highest BCUT2D eigenvalue weighted by Gasteiger charge is 2.47. The van der Waals surface area contributed by atoms with E-state index in [4.69, 9.17) is 28.8 Å². The molecule has 0 aromatic rings. The fraction of sp³-hybridized carbons (Fsp3) is 0.944. The highest BCUT2D eigenvalue weighted by Crippen LogP contribution is 2.27. The van der Waals surface area contributed by atoms with Crippen molar-refractivity contribution in [2.45, 2.75) is 94.4 Å². The molecule has 0 aromatic carbocycles. The van der Waals surface area contributed by atoms with Gasteiger partial charge in [-0.2, -0.15) is 0 Å². The zero-order chi connectivity index (χ0) is 23.5. The SMILES string of the molecule is CC(O[C@@H]1O[C@@H](C)[C@@H](O)[C@H](O)[C@@H]1O)C(C)O[C@@H]1O[C@@H](CO)[C@H](O)[C@H](OCC(=O)O)[C@@H]1O. The molecule has 0 aromatic heterocycles. The minimum Gasteiger partial charge on any atom is -0.480 e. The third-order valence-electron chi connectivity index (χ3n) is 5.39. The molecular weight excluding hydrogens is 424 g/mol. The molecule has 31 heavy (non-hydrogen) atoms. The topological polar surface area (TPSA) is 205 Å². The van der Waals surface area contributed by atoms with Gasteiger partial charge in [-0.25, -0.2) is 4.79 Å². The van der Waals surface area contributed by atoms with Crippen molar-refractivity contribution >= 4 is 5.97 Å². The first-order valence-electron chi connectivity index (χ1n) is 9.94. The van der Waals surface area contributed by atoms with Gasteiger partial charge in [-0.15, -0.1) is 0 Å². The molecule has 0 spiro atoms. The second-order valence-corrected chi connectivity index (χ2v) is 7.74. The fourth-order valence-electron chi connectivity index (χ4n) is 3.30. The van der Waals surface area contributed by atoms with Crippen LogP contribution in [-0.4, -0.2) is 129 Å². The highest BCUT2D eigenvalue weighted by molar-refractivity contribution is 5.68. The predicted octanol–water partition coefficient (Wildman–Crippen LogP) is -3.47. The summed E-state index contributed by atoms with van der Waals surface area (Å²) in [4.78, 5) is 10.8. The molecule has 2 aliphatic rings. The average molecular weight is 456 g/mol. The van der Waals surface area contributed by atoms with Crippen LogP contribution in [-0.2, 0) is 28.5 Å². The molecule has 0 radical (unpaired) electrons. The van der Waals surface area contributed by atoms with Gasteiger partial charge in [0.05, 0.1) is 24.9 Å². The molecule has 2 unspecified atom stereocenters. The number of carboxylic acid groups (broad SMARTS) is 1. The van der Waals surface area contributed by atoms with E-state index in [1.165, 1.54) is 6.92 Å². The van der Waals surface area contributed by atoms with Crippen LogP contribution in [0.3, 0.4) is 0 Å². The van der Waals surface area contributed by atoms with E-state index in [0.29, 0.717) is 0 Å². The first kappa shape index (κ1) is 26.3. The van der Waals surface area contributed by atoms with Gasteiger partial charge < -0.3 is 59.4 Å². The Bertz CT molecular complexity index is 577. The van der Waals surface area contributed by atoms with Gasteiger partial charge in [0.1, 0.15) is 49.3 Å². The van der Waals surface area contributed by atoms with Crippen molar-refractivity contribution in [2.75, 3.05) is 13.2 Å². The lowest BCUT2D eigenvalue weighted by Gasteiger charge is -2.43. The molecule has 13 nitrogen and oxygen atoms in total. The zero-order valence-corrected chi connectivity index (χ0v) is 17.4. The summed E-state index contributed by atoms with van der Waals surface area (Å²) in [7, 11) is 0. The van der Waals surface area contributed by atoms with Crippen molar-refractivity contribution < 1.29 is 64.2 Å². The van der Waals surface area contributed by atoms with Crippen LogP contribution in [0.25, 0.3) is 0 Å². The molecule has 0 bridgehead atoms. The molecule has 2 rings (SSSR count). The lowest BCUT2D eigenvalue weighted by molar-refractivity contribution is -0.337. The molecule has 182 valence electrons.